The third kappa shape index (κ3) is 29.4. The van der Waals surface area contributed by atoms with Crippen molar-refractivity contribution in [2.75, 3.05) is 26.4 Å². The quantitative estimate of drug-likeness (QED) is 0.0235. The van der Waals surface area contributed by atoms with Crippen molar-refractivity contribution < 1.29 is 89.4 Å². The number of carbonyl (C=O) groups is 1. The Bertz CT molecular complexity index is 1950. The van der Waals surface area contributed by atoms with Crippen LogP contribution in [0.2, 0.25) is 0 Å². The van der Waals surface area contributed by atoms with E-state index >= 15 is 0 Å². The number of amides is 1. The second-order valence-electron chi connectivity index (χ2n) is 21.7. The molecule has 19 heteroatoms. The van der Waals surface area contributed by atoms with Crippen LogP contribution in [0.4, 0.5) is 0 Å². The minimum atomic E-state index is -1.99. The molecule has 0 radical (unpaired) electrons. The van der Waals surface area contributed by atoms with Crippen molar-refractivity contribution in [2.45, 2.75) is 266 Å². The third-order valence-electron chi connectivity index (χ3n) is 14.8. The number of ether oxygens (including phenoxy) is 6. The van der Waals surface area contributed by atoms with Crippen LogP contribution in [-0.2, 0) is 33.2 Å². The number of hydrogen-bond donors (Lipinski definition) is 12. The number of aliphatic hydroxyl groups is 11. The van der Waals surface area contributed by atoms with Crippen LogP contribution in [0, 0.1) is 0 Å². The summed E-state index contributed by atoms with van der Waals surface area (Å²) in [6.07, 6.45) is 33.8. The van der Waals surface area contributed by atoms with E-state index in [-0.39, 0.29) is 18.9 Å². The molecule has 0 aromatic heterocycles. The molecule has 3 heterocycles. The molecule has 3 rings (SSSR count). The molecule has 1 amide bonds. The standard InChI is InChI=1S/C65H107NO18/c1-3-5-7-9-11-13-15-16-17-18-19-20-21-22-23-24-25-26-27-28-29-30-31-32-33-35-37-39-41-43-53(71)66-48(49(70)42-40-38-36-34-14-12-10-8-6-4-2)47-79-63-59(77)56(74)61(51(45-68)81-63)84-65-60(78)57(75)62(52(46-69)82-65)83-64-58(76)55(73)54(72)50(44-67)80-64/h5-8,11,13-14,16-17,19-20,22-23,25-26,34,40,42,48-52,54-65,67-70,72-78H,3-4,9-10,12,15,18,21,24,27-33,35-39,41,43-47H2,1-2H3,(H,66,71)/b7-5-,8-6+,13-11-,17-16-,20-19-,23-22-,26-25-,34-14+,42-40+. The van der Waals surface area contributed by atoms with Gasteiger partial charge in [0.15, 0.2) is 18.9 Å². The van der Waals surface area contributed by atoms with Crippen molar-refractivity contribution in [3.05, 3.63) is 109 Å². The Morgan fingerprint density at radius 3 is 1.29 bits per heavy atom. The van der Waals surface area contributed by atoms with Crippen LogP contribution >= 0.6 is 0 Å². The maximum absolute atomic E-state index is 13.3. The van der Waals surface area contributed by atoms with Crippen molar-refractivity contribution in [3.63, 3.8) is 0 Å². The summed E-state index contributed by atoms with van der Waals surface area (Å²) in [7, 11) is 0. The van der Waals surface area contributed by atoms with Crippen LogP contribution in [0.3, 0.4) is 0 Å². The fourth-order valence-corrected chi connectivity index (χ4v) is 9.76. The molecule has 3 saturated heterocycles. The normalized spacial score (nSPS) is 29.9. The van der Waals surface area contributed by atoms with Crippen LogP contribution < -0.4 is 5.32 Å². The van der Waals surface area contributed by atoms with Gasteiger partial charge in [0.1, 0.15) is 73.2 Å². The van der Waals surface area contributed by atoms with Gasteiger partial charge in [0, 0.05) is 6.42 Å². The summed E-state index contributed by atoms with van der Waals surface area (Å²) < 4.78 is 34.2. The molecule has 84 heavy (non-hydrogen) atoms. The fourth-order valence-electron chi connectivity index (χ4n) is 9.76. The molecule has 0 aliphatic carbocycles. The fraction of sp³-hybridized carbons (Fsp3) is 0.708. The van der Waals surface area contributed by atoms with Gasteiger partial charge in [0.2, 0.25) is 5.91 Å². The van der Waals surface area contributed by atoms with Crippen molar-refractivity contribution in [3.8, 4) is 0 Å². The first kappa shape index (κ1) is 74.7. The lowest BCUT2D eigenvalue weighted by atomic mass is 9.96. The van der Waals surface area contributed by atoms with Crippen molar-refractivity contribution >= 4 is 5.91 Å². The Morgan fingerprint density at radius 2 is 0.798 bits per heavy atom. The predicted octanol–water partition coefficient (Wildman–Crippen LogP) is 6.31. The van der Waals surface area contributed by atoms with Crippen LogP contribution in [0.1, 0.15) is 162 Å². The number of hydrogen-bond acceptors (Lipinski definition) is 18. The maximum atomic E-state index is 13.3. The van der Waals surface area contributed by atoms with E-state index in [1.54, 1.807) is 6.08 Å². The van der Waals surface area contributed by atoms with E-state index in [9.17, 15) is 61.0 Å². The van der Waals surface area contributed by atoms with Gasteiger partial charge in [-0.05, 0) is 89.9 Å². The van der Waals surface area contributed by atoms with Gasteiger partial charge in [0.25, 0.3) is 0 Å². The number of carbonyl (C=O) groups excluding carboxylic acids is 1. The lowest BCUT2D eigenvalue weighted by Crippen LogP contribution is -2.66. The molecule has 0 aromatic rings. The zero-order valence-electron chi connectivity index (χ0n) is 50.1. The van der Waals surface area contributed by atoms with E-state index in [2.05, 4.69) is 116 Å². The van der Waals surface area contributed by atoms with Gasteiger partial charge in [-0.15, -0.1) is 0 Å². The molecular weight excluding hydrogens is 1080 g/mol. The molecule has 12 N–H and O–H groups in total. The van der Waals surface area contributed by atoms with E-state index in [0.29, 0.717) is 12.8 Å². The molecule has 0 saturated carbocycles. The smallest absolute Gasteiger partial charge is 0.220 e. The molecule has 3 fully saturated rings. The Morgan fingerprint density at radius 1 is 0.429 bits per heavy atom. The van der Waals surface area contributed by atoms with Crippen LogP contribution in [-0.4, -0.2) is 193 Å². The Balaban J connectivity index is 1.41. The second kappa shape index (κ2) is 46.6. The zero-order chi connectivity index (χ0) is 61.2. The average Bonchev–Trinajstić information content (AvgIpc) is 2.80. The molecule has 3 aliphatic rings. The van der Waals surface area contributed by atoms with Crippen molar-refractivity contribution in [1.82, 2.24) is 5.32 Å². The van der Waals surface area contributed by atoms with Gasteiger partial charge >= 0.3 is 0 Å². The third-order valence-corrected chi connectivity index (χ3v) is 14.8. The molecule has 480 valence electrons. The largest absolute Gasteiger partial charge is 0.394 e. The number of unbranched alkanes of at least 4 members (excludes halogenated alkanes) is 12. The second-order valence-corrected chi connectivity index (χ2v) is 21.7. The van der Waals surface area contributed by atoms with Gasteiger partial charge < -0.3 is 89.9 Å². The number of allylic oxidation sites excluding steroid dienone is 17. The molecule has 0 aromatic carbocycles. The highest BCUT2D eigenvalue weighted by molar-refractivity contribution is 5.76. The lowest BCUT2D eigenvalue weighted by Gasteiger charge is -2.48. The van der Waals surface area contributed by atoms with Crippen LogP contribution in [0.5, 0.6) is 0 Å². The molecular formula is C65H107NO18. The van der Waals surface area contributed by atoms with E-state index in [1.165, 1.54) is 32.1 Å². The molecule has 17 atom stereocenters. The van der Waals surface area contributed by atoms with Crippen molar-refractivity contribution in [1.29, 1.82) is 0 Å². The van der Waals surface area contributed by atoms with E-state index < -0.39 is 124 Å². The van der Waals surface area contributed by atoms with E-state index in [0.717, 1.165) is 96.3 Å². The summed E-state index contributed by atoms with van der Waals surface area (Å²) in [5, 5.41) is 120. The summed E-state index contributed by atoms with van der Waals surface area (Å²) in [4.78, 5) is 13.3. The summed E-state index contributed by atoms with van der Waals surface area (Å²) in [5.74, 6) is -0.304. The number of aliphatic hydroxyl groups excluding tert-OH is 11. The summed E-state index contributed by atoms with van der Waals surface area (Å²) >= 11 is 0. The minimum Gasteiger partial charge on any atom is -0.394 e. The first-order valence-corrected chi connectivity index (χ1v) is 31.1. The highest BCUT2D eigenvalue weighted by Crippen LogP contribution is 2.33. The Kier molecular flexibility index (Phi) is 41.4. The zero-order valence-corrected chi connectivity index (χ0v) is 50.1. The van der Waals surface area contributed by atoms with Gasteiger partial charge in [-0.1, -0.05) is 175 Å². The number of rotatable bonds is 44. The Hall–Kier alpha value is -3.55. The van der Waals surface area contributed by atoms with Crippen LogP contribution in [0.15, 0.2) is 109 Å². The first-order chi connectivity index (χ1) is 40.8. The first-order valence-electron chi connectivity index (χ1n) is 31.1. The van der Waals surface area contributed by atoms with Gasteiger partial charge in [-0.2, -0.15) is 0 Å². The highest BCUT2D eigenvalue weighted by Gasteiger charge is 2.53. The highest BCUT2D eigenvalue weighted by atomic mass is 16.8. The van der Waals surface area contributed by atoms with Crippen molar-refractivity contribution in [2.24, 2.45) is 0 Å². The topological polar surface area (TPSA) is 307 Å². The monoisotopic (exact) mass is 1190 g/mol. The molecule has 0 spiro atoms. The maximum Gasteiger partial charge on any atom is 0.220 e. The predicted molar refractivity (Wildman–Crippen MR) is 323 cm³/mol. The van der Waals surface area contributed by atoms with Crippen LogP contribution in [0.25, 0.3) is 0 Å². The molecule has 19 nitrogen and oxygen atoms in total. The summed E-state index contributed by atoms with van der Waals surface area (Å²) in [5.41, 5.74) is 0. The molecule has 17 unspecified atom stereocenters. The van der Waals surface area contributed by atoms with Gasteiger partial charge in [-0.3, -0.25) is 4.79 Å². The van der Waals surface area contributed by atoms with E-state index in [1.807, 2.05) is 6.08 Å². The minimum absolute atomic E-state index is 0.219. The molecule has 3 aliphatic heterocycles. The average molecular weight is 1190 g/mol. The molecule has 0 bridgehead atoms. The summed E-state index contributed by atoms with van der Waals surface area (Å²) in [6.45, 7) is 1.41. The summed E-state index contributed by atoms with van der Waals surface area (Å²) in [6, 6.07) is -1.00. The lowest BCUT2D eigenvalue weighted by molar-refractivity contribution is -0.379. The number of nitrogens with one attached hydrogen (secondary N) is 1. The van der Waals surface area contributed by atoms with Gasteiger partial charge in [-0.25, -0.2) is 0 Å². The Labute approximate surface area is 500 Å². The SMILES string of the molecule is CC/C=C\C/C=C\C/C=C\C/C=C\C/C=C\C/C=C\CCCCCCCCCCCCC(=O)NC(COC1OC(CO)C(OC2OC(CO)C(OC3OC(CO)C(O)C(O)C3O)C(O)C2O)C(O)C1O)C(O)/C=C/CC/C=C/CC/C=C/CC. The van der Waals surface area contributed by atoms with Gasteiger partial charge in [0.05, 0.1) is 38.6 Å². The van der Waals surface area contributed by atoms with E-state index in [4.69, 9.17) is 28.4 Å².